The summed E-state index contributed by atoms with van der Waals surface area (Å²) in [4.78, 5) is 30.7. The molecule has 0 bridgehead atoms. The molecule has 0 unspecified atom stereocenters. The third-order valence-electron chi connectivity index (χ3n) is 6.04. The first-order chi connectivity index (χ1) is 20.0. The van der Waals surface area contributed by atoms with Crippen molar-refractivity contribution < 1.29 is 24.6 Å². The summed E-state index contributed by atoms with van der Waals surface area (Å²) < 4.78 is 10.7. The average molecular weight is 568 g/mol. The van der Waals surface area contributed by atoms with Crippen LogP contribution in [-0.2, 0) is 0 Å². The number of methoxy groups -OCH3 is 2. The highest BCUT2D eigenvalue weighted by Gasteiger charge is 2.21. The van der Waals surface area contributed by atoms with Crippen LogP contribution in [0.5, 0.6) is 11.5 Å². The smallest absolute Gasteiger partial charge is 0.337 e. The van der Waals surface area contributed by atoms with Crippen molar-refractivity contribution in [3.63, 3.8) is 0 Å². The Hall–Kier alpha value is -5.35. The van der Waals surface area contributed by atoms with Crippen molar-refractivity contribution in [3.8, 4) is 33.1 Å². The maximum absolute atomic E-state index is 12.5. The lowest BCUT2D eigenvalue weighted by atomic mass is 9.97. The minimum absolute atomic E-state index is 0.163. The molecule has 2 aromatic heterocycles. The number of pyridine rings is 1. The zero-order chi connectivity index (χ0) is 29.2. The Kier molecular flexibility index (Phi) is 9.53. The van der Waals surface area contributed by atoms with Crippen molar-refractivity contribution in [2.24, 2.45) is 10.3 Å². The predicted molar refractivity (Wildman–Crippen MR) is 159 cm³/mol. The van der Waals surface area contributed by atoms with E-state index in [1.807, 2.05) is 72.1 Å². The van der Waals surface area contributed by atoms with Gasteiger partial charge in [0.2, 0.25) is 0 Å². The van der Waals surface area contributed by atoms with Gasteiger partial charge in [-0.3, -0.25) is 4.98 Å². The first-order valence-electron chi connectivity index (χ1n) is 12.2. The van der Waals surface area contributed by atoms with Gasteiger partial charge in [-0.15, -0.1) is 16.2 Å². The van der Waals surface area contributed by atoms with Gasteiger partial charge in [-0.05, 0) is 23.8 Å². The quantitative estimate of drug-likeness (QED) is 0.113. The highest BCUT2D eigenvalue weighted by molar-refractivity contribution is 7.14. The number of aromatic nitrogens is 1. The molecule has 9 nitrogen and oxygen atoms in total. The number of carbonyl (C=O) groups is 1. The molecule has 3 aromatic carbocycles. The minimum Gasteiger partial charge on any atom is -0.493 e. The number of benzene rings is 3. The Bertz CT molecular complexity index is 1630. The molecule has 0 aliphatic rings. The molecule has 206 valence electrons. The van der Waals surface area contributed by atoms with E-state index in [0.717, 1.165) is 27.4 Å². The Labute approximate surface area is 240 Å². The van der Waals surface area contributed by atoms with Gasteiger partial charge >= 0.3 is 5.97 Å². The number of carboxylic acids is 1. The van der Waals surface area contributed by atoms with Crippen molar-refractivity contribution >= 4 is 28.7 Å². The third-order valence-corrected chi connectivity index (χ3v) is 6.99. The van der Waals surface area contributed by atoms with E-state index < -0.39 is 5.97 Å². The third kappa shape index (κ3) is 6.63. The Morgan fingerprint density at radius 2 is 1.41 bits per heavy atom. The molecule has 2 heterocycles. The van der Waals surface area contributed by atoms with Gasteiger partial charge in [0.1, 0.15) is 0 Å². The predicted octanol–water partition coefficient (Wildman–Crippen LogP) is 7.50. The molecule has 0 fully saturated rings. The number of hydrogen-bond donors (Lipinski definition) is 2. The topological polar surface area (TPSA) is 131 Å². The molecule has 2 N–H and O–H groups in total. The molecule has 0 aliphatic heterocycles. The fraction of sp³-hybridized carbons (Fsp3) is 0.0645. The molecule has 0 amide bonds. The fourth-order valence-corrected chi connectivity index (χ4v) is 5.08. The van der Waals surface area contributed by atoms with Crippen LogP contribution < -0.4 is 9.47 Å². The number of carboxylic acid groups (broad SMARTS) is 1. The second-order valence-electron chi connectivity index (χ2n) is 8.43. The van der Waals surface area contributed by atoms with Crippen LogP contribution in [0.25, 0.3) is 21.6 Å². The van der Waals surface area contributed by atoms with E-state index in [-0.39, 0.29) is 5.56 Å². The summed E-state index contributed by atoms with van der Waals surface area (Å²) in [5.41, 5.74) is 5.41. The number of hydrogen-bond acceptors (Lipinski definition) is 8. The van der Waals surface area contributed by atoms with Crippen LogP contribution in [0, 0.1) is 4.91 Å². The van der Waals surface area contributed by atoms with E-state index in [9.17, 15) is 9.90 Å². The Morgan fingerprint density at radius 3 is 1.98 bits per heavy atom. The van der Waals surface area contributed by atoms with Gasteiger partial charge in [0, 0.05) is 44.9 Å². The number of rotatable bonds is 8. The van der Waals surface area contributed by atoms with Crippen molar-refractivity contribution in [2.75, 3.05) is 14.2 Å². The van der Waals surface area contributed by atoms with Crippen molar-refractivity contribution in [3.05, 3.63) is 124 Å². The maximum atomic E-state index is 12.5. The molecule has 5 aromatic rings. The van der Waals surface area contributed by atoms with Crippen molar-refractivity contribution in [1.29, 1.82) is 0 Å². The standard InChI is InChI=1S/C31H24N2O4S.HNO2/c1-36-26-14-13-22(15-27(26)37-2)24-17-32-18-25(29(24)31(34)35)28-16-23(19-38-28)33-30(20-9-5-3-6-10-20)21-11-7-4-8-12-21;2-1-3/h3-19H,1-2H3,(H,34,35);(H,2,3). The highest BCUT2D eigenvalue weighted by atomic mass is 32.1. The van der Waals surface area contributed by atoms with E-state index >= 15 is 0 Å². The number of aliphatic imine (C=N–C) groups is 1. The number of thiophene rings is 1. The molecular formula is C31H25N3O6S. The van der Waals surface area contributed by atoms with Gasteiger partial charge in [0.05, 0.1) is 31.2 Å². The van der Waals surface area contributed by atoms with Crippen molar-refractivity contribution in [2.45, 2.75) is 0 Å². The summed E-state index contributed by atoms with van der Waals surface area (Å²) in [7, 11) is 3.10. The van der Waals surface area contributed by atoms with Gasteiger partial charge in [-0.2, -0.15) is 0 Å². The highest BCUT2D eigenvalue weighted by Crippen LogP contribution is 2.39. The zero-order valence-corrected chi connectivity index (χ0v) is 22.9. The maximum Gasteiger partial charge on any atom is 0.337 e. The van der Waals surface area contributed by atoms with Gasteiger partial charge in [-0.25, -0.2) is 9.79 Å². The molecule has 0 saturated carbocycles. The normalized spacial score (nSPS) is 10.1. The molecule has 0 radical (unpaired) electrons. The summed E-state index contributed by atoms with van der Waals surface area (Å²) in [5, 5.41) is 20.1. The molecule has 41 heavy (non-hydrogen) atoms. The minimum atomic E-state index is -1.04. The lowest BCUT2D eigenvalue weighted by molar-refractivity contribution is 0.0698. The molecule has 10 heteroatoms. The number of ether oxygens (including phenoxy) is 2. The molecule has 0 saturated heterocycles. The summed E-state index contributed by atoms with van der Waals surface area (Å²) in [6.07, 6.45) is 3.14. The van der Waals surface area contributed by atoms with Crippen LogP contribution in [-0.4, -0.2) is 41.2 Å². The van der Waals surface area contributed by atoms with Crippen LogP contribution in [0.15, 0.2) is 113 Å². The lowest BCUT2D eigenvalue weighted by Gasteiger charge is -2.13. The summed E-state index contributed by atoms with van der Waals surface area (Å²) in [6.45, 7) is 0. The molecule has 5 rings (SSSR count). The van der Waals surface area contributed by atoms with E-state index in [4.69, 9.17) is 24.6 Å². The second kappa shape index (κ2) is 13.6. The van der Waals surface area contributed by atoms with E-state index in [0.29, 0.717) is 28.2 Å². The van der Waals surface area contributed by atoms with E-state index in [1.54, 1.807) is 44.8 Å². The van der Waals surface area contributed by atoms with Crippen LogP contribution >= 0.6 is 11.3 Å². The van der Waals surface area contributed by atoms with Crippen LogP contribution in [0.2, 0.25) is 0 Å². The van der Waals surface area contributed by atoms with E-state index in [1.165, 1.54) is 16.7 Å². The Balaban J connectivity index is 0.00000124. The largest absolute Gasteiger partial charge is 0.493 e. The van der Waals surface area contributed by atoms with Crippen LogP contribution in [0.4, 0.5) is 5.69 Å². The fourth-order valence-electron chi connectivity index (χ4n) is 4.24. The molecular weight excluding hydrogens is 542 g/mol. The zero-order valence-electron chi connectivity index (χ0n) is 22.1. The number of aromatic carboxylic acids is 1. The molecule has 0 aliphatic carbocycles. The monoisotopic (exact) mass is 567 g/mol. The van der Waals surface area contributed by atoms with Gasteiger partial charge in [0.25, 0.3) is 0 Å². The summed E-state index contributed by atoms with van der Waals surface area (Å²) in [6, 6.07) is 27.2. The lowest BCUT2D eigenvalue weighted by Crippen LogP contribution is -2.03. The van der Waals surface area contributed by atoms with Crippen molar-refractivity contribution in [1.82, 2.24) is 4.98 Å². The number of nitrogens with zero attached hydrogens (tertiary/aromatic N) is 3. The first kappa shape index (κ1) is 28.7. The first-order valence-corrected chi connectivity index (χ1v) is 13.1. The van der Waals surface area contributed by atoms with Crippen LogP contribution in [0.3, 0.4) is 0 Å². The second-order valence-corrected chi connectivity index (χ2v) is 9.34. The summed E-state index contributed by atoms with van der Waals surface area (Å²) in [5.74, 6) is 0.0272. The van der Waals surface area contributed by atoms with Gasteiger partial charge in [-0.1, -0.05) is 66.7 Å². The van der Waals surface area contributed by atoms with Gasteiger partial charge in [0.15, 0.2) is 16.8 Å². The SMILES string of the molecule is COc1ccc(-c2cncc(-c3cc(N=C(c4ccccc4)c4ccccc4)cs3)c2C(=O)O)cc1OC.O=NO. The van der Waals surface area contributed by atoms with E-state index in [2.05, 4.69) is 4.98 Å². The van der Waals surface area contributed by atoms with Gasteiger partial charge < -0.3 is 19.8 Å². The van der Waals surface area contributed by atoms with Crippen LogP contribution in [0.1, 0.15) is 21.5 Å². The summed E-state index contributed by atoms with van der Waals surface area (Å²) >= 11 is 1.43. The average Bonchev–Trinajstić information content (AvgIpc) is 3.49. The molecule has 0 spiro atoms. The Morgan fingerprint density at radius 1 is 0.829 bits per heavy atom. The molecule has 0 atom stereocenters.